The molecule has 1 aromatic heterocycles. The van der Waals surface area contributed by atoms with Gasteiger partial charge in [-0.1, -0.05) is 23.7 Å². The van der Waals surface area contributed by atoms with Crippen molar-refractivity contribution in [2.24, 2.45) is 0 Å². The van der Waals surface area contributed by atoms with Gasteiger partial charge in [0.05, 0.1) is 6.04 Å². The second-order valence-electron chi connectivity index (χ2n) is 5.68. The number of aromatic nitrogens is 2. The summed E-state index contributed by atoms with van der Waals surface area (Å²) in [6.07, 6.45) is 0. The first-order valence-corrected chi connectivity index (χ1v) is 8.19. The lowest BCUT2D eigenvalue weighted by molar-refractivity contribution is -0.122. The van der Waals surface area contributed by atoms with Gasteiger partial charge in [-0.2, -0.15) is 4.68 Å². The molecule has 1 N–H and O–H groups in total. The quantitative estimate of drug-likeness (QED) is 0.743. The Bertz CT molecular complexity index is 965. The molecule has 0 saturated carbocycles. The molecule has 0 radical (unpaired) electrons. The fraction of sp³-hybridized carbons (Fsp3) is 0.167. The van der Waals surface area contributed by atoms with Crippen molar-refractivity contribution in [1.82, 2.24) is 15.1 Å². The fourth-order valence-electron chi connectivity index (χ4n) is 2.37. The average Bonchev–Trinajstić information content (AvgIpc) is 2.96. The van der Waals surface area contributed by atoms with E-state index in [-0.39, 0.29) is 18.5 Å². The highest BCUT2D eigenvalue weighted by atomic mass is 35.5. The Balaban J connectivity index is 1.68. The van der Waals surface area contributed by atoms with Gasteiger partial charge in [0.1, 0.15) is 12.4 Å². The standard InChI is InChI=1S/C18H15ClFN3O3/c1-11(12-2-6-14(19)7-3-12)21-16(24)10-23-18(25)26-17(22-23)13-4-8-15(20)9-5-13/h2-9,11H,10H2,1H3,(H,21,24). The third-order valence-corrected chi connectivity index (χ3v) is 3.99. The van der Waals surface area contributed by atoms with E-state index in [1.54, 1.807) is 12.1 Å². The zero-order valence-corrected chi connectivity index (χ0v) is 14.5. The van der Waals surface area contributed by atoms with E-state index in [9.17, 15) is 14.0 Å². The molecule has 1 unspecified atom stereocenters. The van der Waals surface area contributed by atoms with Crippen LogP contribution in [0.5, 0.6) is 0 Å². The first-order chi connectivity index (χ1) is 12.4. The SMILES string of the molecule is CC(NC(=O)Cn1nc(-c2ccc(F)cc2)oc1=O)c1ccc(Cl)cc1. The van der Waals surface area contributed by atoms with Crippen molar-refractivity contribution in [3.63, 3.8) is 0 Å². The predicted molar refractivity (Wildman–Crippen MR) is 94.2 cm³/mol. The van der Waals surface area contributed by atoms with Crippen LogP contribution >= 0.6 is 11.6 Å². The second kappa shape index (κ2) is 7.53. The zero-order valence-electron chi connectivity index (χ0n) is 13.8. The molecule has 134 valence electrons. The van der Waals surface area contributed by atoms with Gasteiger partial charge in [0.15, 0.2) is 0 Å². The summed E-state index contributed by atoms with van der Waals surface area (Å²) in [6.45, 7) is 1.53. The fourth-order valence-corrected chi connectivity index (χ4v) is 2.50. The lowest BCUT2D eigenvalue weighted by Crippen LogP contribution is -2.33. The average molecular weight is 376 g/mol. The minimum absolute atomic E-state index is 0.0218. The molecule has 6 nitrogen and oxygen atoms in total. The van der Waals surface area contributed by atoms with Crippen LogP contribution in [0.25, 0.3) is 11.5 Å². The van der Waals surface area contributed by atoms with E-state index < -0.39 is 17.5 Å². The van der Waals surface area contributed by atoms with Crippen LogP contribution in [0, 0.1) is 5.82 Å². The van der Waals surface area contributed by atoms with Crippen LogP contribution in [0.15, 0.2) is 57.7 Å². The number of carbonyl (C=O) groups excluding carboxylic acids is 1. The highest BCUT2D eigenvalue weighted by molar-refractivity contribution is 6.30. The van der Waals surface area contributed by atoms with Crippen molar-refractivity contribution in [3.8, 4) is 11.5 Å². The summed E-state index contributed by atoms with van der Waals surface area (Å²) in [5.74, 6) is -1.55. The zero-order chi connectivity index (χ0) is 18.7. The molecule has 0 aliphatic rings. The van der Waals surface area contributed by atoms with Crippen LogP contribution in [0.1, 0.15) is 18.5 Å². The maximum Gasteiger partial charge on any atom is 0.437 e. The lowest BCUT2D eigenvalue weighted by Gasteiger charge is -2.14. The van der Waals surface area contributed by atoms with Crippen molar-refractivity contribution >= 4 is 17.5 Å². The maximum atomic E-state index is 13.0. The van der Waals surface area contributed by atoms with Gasteiger partial charge in [0.25, 0.3) is 0 Å². The molecule has 1 amide bonds. The molecule has 1 heterocycles. The molecule has 0 bridgehead atoms. The number of hydrogen-bond acceptors (Lipinski definition) is 4. The number of amides is 1. The van der Waals surface area contributed by atoms with E-state index in [4.69, 9.17) is 16.0 Å². The summed E-state index contributed by atoms with van der Waals surface area (Å²) in [7, 11) is 0. The normalized spacial score (nSPS) is 12.0. The topological polar surface area (TPSA) is 77.1 Å². The van der Waals surface area contributed by atoms with Gasteiger partial charge in [-0.25, -0.2) is 9.18 Å². The van der Waals surface area contributed by atoms with E-state index in [1.807, 2.05) is 19.1 Å². The number of halogens is 2. The molecule has 1 atom stereocenters. The molecule has 0 spiro atoms. The Morgan fingerprint density at radius 1 is 1.23 bits per heavy atom. The molecule has 2 aromatic carbocycles. The summed E-state index contributed by atoms with van der Waals surface area (Å²) in [5.41, 5.74) is 1.32. The van der Waals surface area contributed by atoms with E-state index in [1.165, 1.54) is 24.3 Å². The summed E-state index contributed by atoms with van der Waals surface area (Å²) >= 11 is 5.84. The molecule has 26 heavy (non-hydrogen) atoms. The number of nitrogens with zero attached hydrogens (tertiary/aromatic N) is 2. The van der Waals surface area contributed by atoms with E-state index in [2.05, 4.69) is 10.4 Å². The third kappa shape index (κ3) is 4.18. The van der Waals surface area contributed by atoms with Gasteiger partial charge >= 0.3 is 5.76 Å². The van der Waals surface area contributed by atoms with Crippen LogP contribution < -0.4 is 11.1 Å². The largest absolute Gasteiger partial charge is 0.437 e. The van der Waals surface area contributed by atoms with E-state index in [0.717, 1.165) is 10.2 Å². The van der Waals surface area contributed by atoms with E-state index in [0.29, 0.717) is 10.6 Å². The Morgan fingerprint density at radius 3 is 2.54 bits per heavy atom. The van der Waals surface area contributed by atoms with Crippen molar-refractivity contribution in [1.29, 1.82) is 0 Å². The Labute approximate surface area is 153 Å². The molecule has 3 rings (SSSR count). The van der Waals surface area contributed by atoms with Crippen LogP contribution in [0.2, 0.25) is 5.02 Å². The number of benzene rings is 2. The van der Waals surface area contributed by atoms with Crippen molar-refractivity contribution in [3.05, 3.63) is 75.5 Å². The van der Waals surface area contributed by atoms with E-state index >= 15 is 0 Å². The van der Waals surface area contributed by atoms with Crippen LogP contribution in [0.4, 0.5) is 4.39 Å². The van der Waals surface area contributed by atoms with Gasteiger partial charge < -0.3 is 9.73 Å². The molecule has 0 aliphatic heterocycles. The Kier molecular flexibility index (Phi) is 5.18. The van der Waals surface area contributed by atoms with Crippen LogP contribution in [0.3, 0.4) is 0 Å². The smallest absolute Gasteiger partial charge is 0.388 e. The number of nitrogens with one attached hydrogen (secondary N) is 1. The Hall–Kier alpha value is -2.93. The highest BCUT2D eigenvalue weighted by Crippen LogP contribution is 2.17. The molecule has 0 saturated heterocycles. The number of carbonyl (C=O) groups is 1. The van der Waals surface area contributed by atoms with Crippen LogP contribution in [-0.4, -0.2) is 15.7 Å². The first-order valence-electron chi connectivity index (χ1n) is 7.81. The summed E-state index contributed by atoms with van der Waals surface area (Å²) in [5, 5.41) is 7.36. The third-order valence-electron chi connectivity index (χ3n) is 3.74. The first kappa shape index (κ1) is 17.9. The molecule has 0 aliphatic carbocycles. The van der Waals surface area contributed by atoms with Crippen molar-refractivity contribution < 1.29 is 13.6 Å². The van der Waals surface area contributed by atoms with Gasteiger partial charge in [0.2, 0.25) is 11.8 Å². The van der Waals surface area contributed by atoms with Gasteiger partial charge in [-0.3, -0.25) is 4.79 Å². The lowest BCUT2D eigenvalue weighted by atomic mass is 10.1. The number of hydrogen-bond donors (Lipinski definition) is 1. The molecule has 3 aromatic rings. The summed E-state index contributed by atoms with van der Waals surface area (Å²) in [6, 6.07) is 12.2. The van der Waals surface area contributed by atoms with Crippen LogP contribution in [-0.2, 0) is 11.3 Å². The molecular weight excluding hydrogens is 361 g/mol. The second-order valence-corrected chi connectivity index (χ2v) is 6.11. The summed E-state index contributed by atoms with van der Waals surface area (Å²) in [4.78, 5) is 24.1. The monoisotopic (exact) mass is 375 g/mol. The number of rotatable bonds is 5. The minimum Gasteiger partial charge on any atom is -0.388 e. The van der Waals surface area contributed by atoms with Gasteiger partial charge in [-0.05, 0) is 48.9 Å². The molecule has 0 fully saturated rings. The Morgan fingerprint density at radius 2 is 1.88 bits per heavy atom. The van der Waals surface area contributed by atoms with Gasteiger partial charge in [-0.15, -0.1) is 5.10 Å². The van der Waals surface area contributed by atoms with Crippen molar-refractivity contribution in [2.75, 3.05) is 0 Å². The van der Waals surface area contributed by atoms with Crippen molar-refractivity contribution in [2.45, 2.75) is 19.5 Å². The minimum atomic E-state index is -0.765. The maximum absolute atomic E-state index is 13.0. The van der Waals surface area contributed by atoms with Gasteiger partial charge in [0, 0.05) is 10.6 Å². The molecule has 8 heteroatoms. The molecular formula is C18H15ClFN3O3. The highest BCUT2D eigenvalue weighted by Gasteiger charge is 2.15. The summed E-state index contributed by atoms with van der Waals surface area (Å²) < 4.78 is 18.9. The predicted octanol–water partition coefficient (Wildman–Crippen LogP) is 3.17.